The molecule has 0 spiro atoms. The molecule has 0 aliphatic carbocycles. The summed E-state index contributed by atoms with van der Waals surface area (Å²) in [5.41, 5.74) is 2.53. The Morgan fingerprint density at radius 1 is 1.13 bits per heavy atom. The third kappa shape index (κ3) is 4.75. The van der Waals surface area contributed by atoms with Crippen LogP contribution >= 0.6 is 34.5 Å². The lowest BCUT2D eigenvalue weighted by Gasteiger charge is -2.10. The van der Waals surface area contributed by atoms with Crippen LogP contribution in [0.1, 0.15) is 32.4 Å². The number of ether oxygens (including phenoxy) is 2. The van der Waals surface area contributed by atoms with Gasteiger partial charge in [0.05, 0.1) is 23.3 Å². The van der Waals surface area contributed by atoms with Gasteiger partial charge in [-0.3, -0.25) is 4.79 Å². The fraction of sp³-hybridized carbons (Fsp3) is 0.190. The van der Waals surface area contributed by atoms with Gasteiger partial charge in [0, 0.05) is 12.1 Å². The third-order valence-corrected chi connectivity index (χ3v) is 5.89. The monoisotopic (exact) mass is 461 g/mol. The topological polar surface area (TPSA) is 73.3 Å². The Labute approximate surface area is 187 Å². The second-order valence-electron chi connectivity index (χ2n) is 6.61. The molecule has 1 aliphatic heterocycles. The van der Waals surface area contributed by atoms with Crippen molar-refractivity contribution in [2.75, 3.05) is 18.5 Å². The van der Waals surface area contributed by atoms with Gasteiger partial charge in [-0.2, -0.15) is 0 Å². The SMILES string of the molecule is Cc1ccc(NC(=O)c2nnc(/C(Cl)=C/c3cc(Cl)c4c(c3)OCCCO4)s2)cc1. The van der Waals surface area contributed by atoms with Gasteiger partial charge in [-0.15, -0.1) is 10.2 Å². The summed E-state index contributed by atoms with van der Waals surface area (Å²) < 4.78 is 11.3. The molecule has 1 amide bonds. The molecule has 0 unspecified atom stereocenters. The first-order chi connectivity index (χ1) is 14.5. The standard InChI is InChI=1S/C21H17Cl2N3O3S/c1-12-3-5-14(6-4-12)24-19(27)21-26-25-20(30-21)16(23)10-13-9-15(22)18-17(11-13)28-7-2-8-29-18/h3-6,9-11H,2,7-8H2,1H3,(H,24,27)/b16-10-. The van der Waals surface area contributed by atoms with E-state index in [1.54, 1.807) is 18.2 Å². The second-order valence-corrected chi connectivity index (χ2v) is 8.40. The molecule has 4 rings (SSSR count). The molecule has 154 valence electrons. The summed E-state index contributed by atoms with van der Waals surface area (Å²) in [6.07, 6.45) is 2.49. The van der Waals surface area contributed by atoms with Crippen molar-refractivity contribution >= 4 is 57.2 Å². The molecule has 30 heavy (non-hydrogen) atoms. The lowest BCUT2D eigenvalue weighted by molar-refractivity contribution is 0.102. The average molecular weight is 462 g/mol. The zero-order valence-electron chi connectivity index (χ0n) is 15.9. The van der Waals surface area contributed by atoms with E-state index in [1.807, 2.05) is 31.2 Å². The van der Waals surface area contributed by atoms with Crippen molar-refractivity contribution in [3.05, 3.63) is 62.6 Å². The van der Waals surface area contributed by atoms with Gasteiger partial charge < -0.3 is 14.8 Å². The zero-order chi connectivity index (χ0) is 21.1. The number of anilines is 1. The Bertz CT molecular complexity index is 1110. The van der Waals surface area contributed by atoms with Gasteiger partial charge in [-0.1, -0.05) is 52.2 Å². The van der Waals surface area contributed by atoms with Crippen LogP contribution in [-0.4, -0.2) is 29.3 Å². The number of rotatable bonds is 4. The molecule has 0 fully saturated rings. The molecule has 2 heterocycles. The molecule has 0 saturated carbocycles. The Kier molecular flexibility index (Phi) is 6.22. The van der Waals surface area contributed by atoms with Crippen LogP contribution in [0.2, 0.25) is 5.02 Å². The molecule has 1 N–H and O–H groups in total. The highest BCUT2D eigenvalue weighted by Crippen LogP contribution is 2.39. The maximum atomic E-state index is 12.4. The fourth-order valence-corrected chi connectivity index (χ4v) is 3.97. The largest absolute Gasteiger partial charge is 0.489 e. The predicted octanol–water partition coefficient (Wildman–Crippen LogP) is 5.65. The Hall–Kier alpha value is -2.61. The molecule has 3 aromatic rings. The van der Waals surface area contributed by atoms with E-state index in [2.05, 4.69) is 15.5 Å². The lowest BCUT2D eigenvalue weighted by Crippen LogP contribution is -2.11. The Morgan fingerprint density at radius 3 is 2.67 bits per heavy atom. The van der Waals surface area contributed by atoms with Gasteiger partial charge in [0.1, 0.15) is 0 Å². The number of carbonyl (C=O) groups is 1. The fourth-order valence-electron chi connectivity index (χ4n) is 2.78. The second kappa shape index (κ2) is 9.04. The third-order valence-electron chi connectivity index (χ3n) is 4.25. The van der Waals surface area contributed by atoms with Crippen molar-refractivity contribution < 1.29 is 14.3 Å². The van der Waals surface area contributed by atoms with Crippen LogP contribution in [-0.2, 0) is 0 Å². The minimum absolute atomic E-state index is 0.216. The quantitative estimate of drug-likeness (QED) is 0.543. The number of aromatic nitrogens is 2. The first kappa shape index (κ1) is 20.7. The van der Waals surface area contributed by atoms with Crippen molar-refractivity contribution in [3.63, 3.8) is 0 Å². The minimum atomic E-state index is -0.342. The normalized spacial score (nSPS) is 13.6. The van der Waals surface area contributed by atoms with E-state index in [1.165, 1.54) is 0 Å². The van der Waals surface area contributed by atoms with E-state index >= 15 is 0 Å². The summed E-state index contributed by atoms with van der Waals surface area (Å²) in [4.78, 5) is 12.4. The molecular formula is C21H17Cl2N3O3S. The van der Waals surface area contributed by atoms with E-state index in [9.17, 15) is 4.79 Å². The van der Waals surface area contributed by atoms with Crippen LogP contribution in [0.4, 0.5) is 5.69 Å². The van der Waals surface area contributed by atoms with Gasteiger partial charge in [0.2, 0.25) is 5.01 Å². The molecule has 0 bridgehead atoms. The number of hydrogen-bond donors (Lipinski definition) is 1. The first-order valence-corrected chi connectivity index (χ1v) is 10.7. The number of hydrogen-bond acceptors (Lipinski definition) is 6. The average Bonchev–Trinajstić information content (AvgIpc) is 3.10. The molecule has 1 aliphatic rings. The van der Waals surface area contributed by atoms with Crippen LogP contribution in [0.5, 0.6) is 11.5 Å². The Morgan fingerprint density at radius 2 is 1.87 bits per heavy atom. The van der Waals surface area contributed by atoms with Gasteiger partial charge in [-0.05, 0) is 42.8 Å². The molecule has 9 heteroatoms. The molecule has 1 aromatic heterocycles. The summed E-state index contributed by atoms with van der Waals surface area (Å²) in [6.45, 7) is 3.09. The van der Waals surface area contributed by atoms with Crippen LogP contribution in [0, 0.1) is 6.92 Å². The smallest absolute Gasteiger partial charge is 0.286 e. The minimum Gasteiger partial charge on any atom is -0.489 e. The number of nitrogens with zero attached hydrogens (tertiary/aromatic N) is 2. The van der Waals surface area contributed by atoms with E-state index < -0.39 is 0 Å². The number of aryl methyl sites for hydroxylation is 1. The number of fused-ring (bicyclic) bond motifs is 1. The highest BCUT2D eigenvalue weighted by Gasteiger charge is 2.17. The van der Waals surface area contributed by atoms with Gasteiger partial charge >= 0.3 is 0 Å². The molecule has 0 radical (unpaired) electrons. The van der Waals surface area contributed by atoms with Crippen molar-refractivity contribution in [2.24, 2.45) is 0 Å². The summed E-state index contributed by atoms with van der Waals surface area (Å²) in [7, 11) is 0. The van der Waals surface area contributed by atoms with Crippen LogP contribution in [0.3, 0.4) is 0 Å². The number of halogens is 2. The van der Waals surface area contributed by atoms with Gasteiger partial charge in [0.25, 0.3) is 5.91 Å². The number of nitrogens with one attached hydrogen (secondary N) is 1. The van der Waals surface area contributed by atoms with Crippen molar-refractivity contribution in [3.8, 4) is 11.5 Å². The van der Waals surface area contributed by atoms with Crippen molar-refractivity contribution in [1.29, 1.82) is 0 Å². The van der Waals surface area contributed by atoms with Crippen molar-refractivity contribution in [1.82, 2.24) is 10.2 Å². The van der Waals surface area contributed by atoms with Crippen LogP contribution in [0.25, 0.3) is 11.1 Å². The maximum Gasteiger partial charge on any atom is 0.286 e. The van der Waals surface area contributed by atoms with Crippen LogP contribution < -0.4 is 14.8 Å². The van der Waals surface area contributed by atoms with Gasteiger partial charge in [-0.25, -0.2) is 0 Å². The molecular weight excluding hydrogens is 445 g/mol. The Balaban J connectivity index is 1.52. The zero-order valence-corrected chi connectivity index (χ0v) is 18.3. The van der Waals surface area contributed by atoms with E-state index in [4.69, 9.17) is 32.7 Å². The first-order valence-electron chi connectivity index (χ1n) is 9.18. The molecule has 2 aromatic carbocycles. The molecule has 0 saturated heterocycles. The number of benzene rings is 2. The highest BCUT2D eigenvalue weighted by atomic mass is 35.5. The van der Waals surface area contributed by atoms with Crippen molar-refractivity contribution in [2.45, 2.75) is 13.3 Å². The summed E-state index contributed by atoms with van der Waals surface area (Å²) in [5, 5.41) is 12.2. The summed E-state index contributed by atoms with van der Waals surface area (Å²) >= 11 is 13.9. The van der Waals surface area contributed by atoms with Crippen LogP contribution in [0.15, 0.2) is 36.4 Å². The number of amides is 1. The molecule has 0 atom stereocenters. The van der Waals surface area contributed by atoms with E-state index in [0.29, 0.717) is 45.5 Å². The summed E-state index contributed by atoms with van der Waals surface area (Å²) in [6, 6.07) is 11.0. The highest BCUT2D eigenvalue weighted by molar-refractivity contribution is 7.15. The molecule has 6 nitrogen and oxygen atoms in total. The number of carbonyl (C=O) groups excluding carboxylic acids is 1. The van der Waals surface area contributed by atoms with Gasteiger partial charge in [0.15, 0.2) is 16.5 Å². The maximum absolute atomic E-state index is 12.4. The van der Waals surface area contributed by atoms with E-state index in [0.717, 1.165) is 28.9 Å². The summed E-state index contributed by atoms with van der Waals surface area (Å²) in [5.74, 6) is 0.769. The predicted molar refractivity (Wildman–Crippen MR) is 120 cm³/mol. The lowest BCUT2D eigenvalue weighted by atomic mass is 10.2. The van der Waals surface area contributed by atoms with E-state index in [-0.39, 0.29) is 10.9 Å².